The average Bonchev–Trinajstić information content (AvgIpc) is 3.18. The first-order valence-electron chi connectivity index (χ1n) is 18.9. The maximum atomic E-state index is 13.7. The Balaban J connectivity index is 1.19. The molecular weight excluding hydrogens is 756 g/mol. The van der Waals surface area contributed by atoms with Crippen molar-refractivity contribution in [2.45, 2.75) is 66.2 Å². The van der Waals surface area contributed by atoms with Crippen molar-refractivity contribution in [3.63, 3.8) is 0 Å². The number of aryl methyl sites for hydroxylation is 1. The van der Waals surface area contributed by atoms with Gasteiger partial charge < -0.3 is 18.9 Å². The highest BCUT2D eigenvalue weighted by molar-refractivity contribution is 9.10. The van der Waals surface area contributed by atoms with E-state index in [1.165, 1.54) is 11.1 Å². The Hall–Kier alpha value is -4.76. The lowest BCUT2D eigenvalue weighted by Gasteiger charge is -2.44. The van der Waals surface area contributed by atoms with Gasteiger partial charge in [0.15, 0.2) is 0 Å². The molecule has 0 spiro atoms. The lowest BCUT2D eigenvalue weighted by molar-refractivity contribution is -0.129. The lowest BCUT2D eigenvalue weighted by atomic mass is 9.88. The monoisotopic (exact) mass is 806 g/mol. The van der Waals surface area contributed by atoms with Gasteiger partial charge >= 0.3 is 0 Å². The predicted octanol–water partition coefficient (Wildman–Crippen LogP) is 7.24. The molecule has 288 valence electrons. The largest absolute Gasteiger partial charge is 0.496 e. The molecule has 0 N–H and O–H groups in total. The summed E-state index contributed by atoms with van der Waals surface area (Å²) in [5.41, 5.74) is 9.01. The minimum absolute atomic E-state index is 0.00499. The zero-order valence-corrected chi connectivity index (χ0v) is 34.7. The zero-order chi connectivity index (χ0) is 39.6. The molecule has 2 aliphatic heterocycles. The van der Waals surface area contributed by atoms with E-state index in [4.69, 9.17) is 9.47 Å². The van der Waals surface area contributed by atoms with E-state index in [-0.39, 0.29) is 23.1 Å². The molecule has 0 aliphatic carbocycles. The number of nitriles is 1. The molecule has 2 aliphatic rings. The van der Waals surface area contributed by atoms with Crippen molar-refractivity contribution in [2.75, 3.05) is 40.4 Å². The van der Waals surface area contributed by atoms with Crippen LogP contribution in [0.5, 0.6) is 11.5 Å². The molecular formula is C44H51BrN6O4. The van der Waals surface area contributed by atoms with Gasteiger partial charge in [-0.2, -0.15) is 5.26 Å². The summed E-state index contributed by atoms with van der Waals surface area (Å²) in [6, 6.07) is 18.3. The summed E-state index contributed by atoms with van der Waals surface area (Å²) in [5, 5.41) is 9.94. The minimum atomic E-state index is -0.274. The van der Waals surface area contributed by atoms with E-state index in [0.29, 0.717) is 35.3 Å². The van der Waals surface area contributed by atoms with Gasteiger partial charge in [-0.05, 0) is 107 Å². The van der Waals surface area contributed by atoms with Crippen LogP contribution in [0.3, 0.4) is 0 Å². The topological polar surface area (TPSA) is 104 Å². The van der Waals surface area contributed by atoms with E-state index in [1.54, 1.807) is 38.0 Å². The molecule has 10 nitrogen and oxygen atoms in total. The number of piperazine rings is 1. The lowest BCUT2D eigenvalue weighted by Crippen LogP contribution is -2.54. The number of hydrogen-bond donors (Lipinski definition) is 0. The number of amides is 1. The number of methoxy groups -OCH3 is 2. The van der Waals surface area contributed by atoms with Crippen molar-refractivity contribution in [3.8, 4) is 28.7 Å². The predicted molar refractivity (Wildman–Crippen MR) is 220 cm³/mol. The van der Waals surface area contributed by atoms with E-state index < -0.39 is 0 Å². The van der Waals surface area contributed by atoms with E-state index in [9.17, 15) is 14.9 Å². The van der Waals surface area contributed by atoms with E-state index >= 15 is 0 Å². The summed E-state index contributed by atoms with van der Waals surface area (Å²) < 4.78 is 14.3. The molecule has 1 saturated heterocycles. The quantitative estimate of drug-likeness (QED) is 0.0940. The zero-order valence-electron chi connectivity index (χ0n) is 33.1. The van der Waals surface area contributed by atoms with Crippen molar-refractivity contribution >= 4 is 27.9 Å². The number of aromatic nitrogens is 2. The maximum Gasteiger partial charge on any atom is 0.265 e. The molecule has 2 unspecified atom stereocenters. The number of pyridine rings is 2. The van der Waals surface area contributed by atoms with Crippen LogP contribution < -0.4 is 15.0 Å². The van der Waals surface area contributed by atoms with Crippen LogP contribution in [-0.2, 0) is 31.4 Å². The third-order valence-corrected chi connectivity index (χ3v) is 11.9. The van der Waals surface area contributed by atoms with Crippen LogP contribution in [0.4, 0.5) is 0 Å². The number of hydrogen-bond acceptors (Lipinski definition) is 8. The van der Waals surface area contributed by atoms with Gasteiger partial charge in [0.05, 0.1) is 31.5 Å². The highest BCUT2D eigenvalue weighted by Gasteiger charge is 2.34. The average molecular weight is 808 g/mol. The second-order valence-electron chi connectivity index (χ2n) is 15.0. The Kier molecular flexibility index (Phi) is 12.3. The van der Waals surface area contributed by atoms with Crippen molar-refractivity contribution in [2.24, 2.45) is 13.0 Å². The molecule has 2 atom stereocenters. The molecule has 4 heterocycles. The van der Waals surface area contributed by atoms with E-state index in [1.807, 2.05) is 37.1 Å². The standard InChI is InChI=1S/C44H51BrN6O4/c1-27(2)39-26-49(25-38-40(54-7)20-32(21-41(38)55-8)37-24-48(6)43(52)29(4)28(37)3)17-18-50(39)23-31-11-9-13-35-30(5)51(16-15-36(31)35)44(53)33(22-46)19-34-12-10-14-42(45)47-34/h9-14,19-21,24,27,30,39H,15-18,23,25-26H2,1-8H3/b33-19+. The summed E-state index contributed by atoms with van der Waals surface area (Å²) in [6.45, 7) is 15.3. The number of rotatable bonds is 10. The molecule has 1 amide bonds. The van der Waals surface area contributed by atoms with Crippen LogP contribution in [-0.4, -0.2) is 76.6 Å². The minimum Gasteiger partial charge on any atom is -0.496 e. The summed E-state index contributed by atoms with van der Waals surface area (Å²) in [6.07, 6.45) is 4.18. The molecule has 6 rings (SSSR count). The molecule has 2 aromatic carbocycles. The Morgan fingerprint density at radius 3 is 2.40 bits per heavy atom. The van der Waals surface area contributed by atoms with Gasteiger partial charge in [0, 0.05) is 69.7 Å². The number of fused-ring (bicyclic) bond motifs is 1. The van der Waals surface area contributed by atoms with E-state index in [2.05, 4.69) is 87.9 Å². The SMILES string of the molecule is COc1cc(-c2cn(C)c(=O)c(C)c2C)cc(OC)c1CN1CCN(Cc2cccc3c2CCN(C(=O)/C(C#N)=C/c2cccc(Br)n2)C3C)C(C(C)C)C1. The number of halogens is 1. The number of ether oxygens (including phenoxy) is 2. The normalized spacial score (nSPS) is 17.9. The van der Waals surface area contributed by atoms with Crippen LogP contribution in [0.1, 0.15) is 65.9 Å². The Morgan fingerprint density at radius 2 is 1.75 bits per heavy atom. The highest BCUT2D eigenvalue weighted by atomic mass is 79.9. The van der Waals surface area contributed by atoms with Crippen LogP contribution in [0.15, 0.2) is 69.7 Å². The third-order valence-electron chi connectivity index (χ3n) is 11.5. The fourth-order valence-corrected chi connectivity index (χ4v) is 8.56. The first-order valence-corrected chi connectivity index (χ1v) is 19.7. The fraction of sp³-hybridized carbons (Fsp3) is 0.409. The first kappa shape index (κ1) is 39.9. The molecule has 1 fully saturated rings. The van der Waals surface area contributed by atoms with Gasteiger partial charge in [0.1, 0.15) is 27.7 Å². The molecule has 0 radical (unpaired) electrons. The summed E-state index contributed by atoms with van der Waals surface area (Å²) in [7, 11) is 5.19. The summed E-state index contributed by atoms with van der Waals surface area (Å²) in [5.74, 6) is 1.68. The number of carbonyl (C=O) groups is 1. The molecule has 2 aromatic heterocycles. The molecule has 4 aromatic rings. The molecule has 11 heteroatoms. The van der Waals surface area contributed by atoms with Gasteiger partial charge in [-0.25, -0.2) is 4.98 Å². The fourth-order valence-electron chi connectivity index (χ4n) is 8.20. The van der Waals surface area contributed by atoms with Gasteiger partial charge in [-0.3, -0.25) is 19.4 Å². The maximum absolute atomic E-state index is 13.7. The number of carbonyl (C=O) groups excluding carboxylic acids is 1. The van der Waals surface area contributed by atoms with Gasteiger partial charge in [-0.1, -0.05) is 38.1 Å². The second-order valence-corrected chi connectivity index (χ2v) is 15.9. The first-order chi connectivity index (χ1) is 26.3. The Labute approximate surface area is 333 Å². The van der Waals surface area contributed by atoms with Gasteiger partial charge in [-0.15, -0.1) is 0 Å². The molecule has 0 saturated carbocycles. The van der Waals surface area contributed by atoms with Crippen LogP contribution >= 0.6 is 15.9 Å². The van der Waals surface area contributed by atoms with Crippen molar-refractivity contribution in [3.05, 3.63) is 114 Å². The number of nitrogens with zero attached hydrogens (tertiary/aromatic N) is 6. The molecule has 0 bridgehead atoms. The van der Waals surface area contributed by atoms with Crippen LogP contribution in [0, 0.1) is 31.1 Å². The van der Waals surface area contributed by atoms with Crippen molar-refractivity contribution in [1.29, 1.82) is 5.26 Å². The third kappa shape index (κ3) is 8.27. The Morgan fingerprint density at radius 1 is 1.04 bits per heavy atom. The Bertz CT molecular complexity index is 2200. The van der Waals surface area contributed by atoms with E-state index in [0.717, 1.165) is 77.5 Å². The smallest absolute Gasteiger partial charge is 0.265 e. The highest BCUT2D eigenvalue weighted by Crippen LogP contribution is 2.38. The van der Waals surface area contributed by atoms with Crippen LogP contribution in [0.2, 0.25) is 0 Å². The van der Waals surface area contributed by atoms with Crippen molar-refractivity contribution in [1.82, 2.24) is 24.3 Å². The second kappa shape index (κ2) is 16.9. The molecule has 55 heavy (non-hydrogen) atoms. The van der Waals surface area contributed by atoms with Gasteiger partial charge in [0.2, 0.25) is 0 Å². The summed E-state index contributed by atoms with van der Waals surface area (Å²) in [4.78, 5) is 37.6. The summed E-state index contributed by atoms with van der Waals surface area (Å²) >= 11 is 3.37. The van der Waals surface area contributed by atoms with Crippen molar-refractivity contribution < 1.29 is 14.3 Å². The van der Waals surface area contributed by atoms with Crippen LogP contribution in [0.25, 0.3) is 17.2 Å². The van der Waals surface area contributed by atoms with Gasteiger partial charge in [0.25, 0.3) is 11.5 Å². The number of benzene rings is 2.